The van der Waals surface area contributed by atoms with Crippen LogP contribution in [0.2, 0.25) is 5.02 Å². The predicted octanol–water partition coefficient (Wildman–Crippen LogP) is 5.42. The average Bonchev–Trinajstić information content (AvgIpc) is 2.92. The van der Waals surface area contributed by atoms with Crippen LogP contribution >= 0.6 is 23.8 Å². The molecule has 2 aromatic carbocycles. The number of nitrogens with two attached hydrogens (primary N) is 1. The van der Waals surface area contributed by atoms with E-state index in [9.17, 15) is 0 Å². The third kappa shape index (κ3) is 7.16. The van der Waals surface area contributed by atoms with Crippen molar-refractivity contribution in [2.45, 2.75) is 52.0 Å². The lowest BCUT2D eigenvalue weighted by atomic mass is 9.90. The Kier molecular flexibility index (Phi) is 10.2. The van der Waals surface area contributed by atoms with Gasteiger partial charge in [-0.05, 0) is 74.0 Å². The third-order valence-corrected chi connectivity index (χ3v) is 8.47. The molecule has 6 nitrogen and oxygen atoms in total. The summed E-state index contributed by atoms with van der Waals surface area (Å²) >= 11 is 11.3. The van der Waals surface area contributed by atoms with Gasteiger partial charge >= 0.3 is 0 Å². The molecule has 4 rings (SSSR count). The van der Waals surface area contributed by atoms with Crippen molar-refractivity contribution >= 4 is 46.5 Å². The van der Waals surface area contributed by atoms with Gasteiger partial charge in [-0.15, -0.1) is 0 Å². The van der Waals surface area contributed by atoms with E-state index >= 15 is 4.39 Å². The normalized spacial score (nSPS) is 17.5. The highest BCUT2D eigenvalue weighted by molar-refractivity contribution is 7.80. The van der Waals surface area contributed by atoms with Crippen LogP contribution in [0.3, 0.4) is 0 Å². The quantitative estimate of drug-likeness (QED) is 0.244. The summed E-state index contributed by atoms with van der Waals surface area (Å²) in [4.78, 5) is 7.12. The Morgan fingerprint density at radius 3 is 2.37 bits per heavy atom. The number of piperazine rings is 1. The number of thiocarbonyl (C=S) groups is 1. The number of piperidine rings is 1. The molecular formula is C29H40ClFN6S. The molecule has 9 heteroatoms. The highest BCUT2D eigenvalue weighted by Crippen LogP contribution is 2.34. The van der Waals surface area contributed by atoms with Gasteiger partial charge < -0.3 is 15.5 Å². The van der Waals surface area contributed by atoms with Gasteiger partial charge in [0.05, 0.1) is 11.9 Å². The standard InChI is InChI=1S/C29H40ClFN6S/c1-3-24(4-2)35-13-15-37(16-14-35)27-19-28(26(31)18-23(27)20-33-34-29(32)38)36-11-9-21(10-12-36)17-22-7-5-6-8-25(22)30/h5-8,18-21,24H,3-4,9-17H2,1-2H3,(H3,32,34,38)/b33-20+. The van der Waals surface area contributed by atoms with Crippen LogP contribution in [-0.2, 0) is 6.42 Å². The topological polar surface area (TPSA) is 60.1 Å². The fraction of sp³-hybridized carbons (Fsp3) is 0.517. The van der Waals surface area contributed by atoms with Crippen LogP contribution in [0, 0.1) is 11.7 Å². The van der Waals surface area contributed by atoms with Crippen LogP contribution in [-0.4, -0.2) is 61.5 Å². The fourth-order valence-corrected chi connectivity index (χ4v) is 6.10. The average molecular weight is 559 g/mol. The molecule has 0 aromatic heterocycles. The van der Waals surface area contributed by atoms with Gasteiger partial charge in [0.25, 0.3) is 0 Å². The number of nitrogens with one attached hydrogen (secondary N) is 1. The summed E-state index contributed by atoms with van der Waals surface area (Å²) in [6.07, 6.45) is 6.92. The molecule has 2 saturated heterocycles. The highest BCUT2D eigenvalue weighted by atomic mass is 35.5. The van der Waals surface area contributed by atoms with Gasteiger partial charge in [-0.1, -0.05) is 43.6 Å². The van der Waals surface area contributed by atoms with Crippen molar-refractivity contribution in [2.24, 2.45) is 16.8 Å². The van der Waals surface area contributed by atoms with E-state index in [2.05, 4.69) is 45.1 Å². The molecular weight excluding hydrogens is 519 g/mol. The Morgan fingerprint density at radius 2 is 1.74 bits per heavy atom. The number of hydrazone groups is 1. The number of benzene rings is 2. The van der Waals surface area contributed by atoms with E-state index in [1.807, 2.05) is 24.3 Å². The zero-order chi connectivity index (χ0) is 27.1. The van der Waals surface area contributed by atoms with Crippen molar-refractivity contribution in [1.82, 2.24) is 10.3 Å². The second kappa shape index (κ2) is 13.6. The maximum Gasteiger partial charge on any atom is 0.184 e. The lowest BCUT2D eigenvalue weighted by Gasteiger charge is -2.41. The molecule has 2 fully saturated rings. The maximum absolute atomic E-state index is 15.5. The van der Waals surface area contributed by atoms with E-state index in [0.717, 1.165) is 87.6 Å². The summed E-state index contributed by atoms with van der Waals surface area (Å²) in [6.45, 7) is 9.94. The Morgan fingerprint density at radius 1 is 1.08 bits per heavy atom. The van der Waals surface area contributed by atoms with E-state index in [4.69, 9.17) is 29.6 Å². The van der Waals surface area contributed by atoms with E-state index < -0.39 is 0 Å². The lowest BCUT2D eigenvalue weighted by Crippen LogP contribution is -2.50. The number of rotatable bonds is 9. The first-order chi connectivity index (χ1) is 18.4. The molecule has 2 aliphatic rings. The van der Waals surface area contributed by atoms with Crippen molar-refractivity contribution in [1.29, 1.82) is 0 Å². The molecule has 0 saturated carbocycles. The second-order valence-electron chi connectivity index (χ2n) is 10.3. The van der Waals surface area contributed by atoms with Crippen LogP contribution in [0.5, 0.6) is 0 Å². The van der Waals surface area contributed by atoms with Crippen molar-refractivity contribution < 1.29 is 4.39 Å². The first-order valence-corrected chi connectivity index (χ1v) is 14.6. The van der Waals surface area contributed by atoms with Crippen LogP contribution in [0.1, 0.15) is 50.7 Å². The van der Waals surface area contributed by atoms with Crippen molar-refractivity contribution in [3.8, 4) is 0 Å². The molecule has 0 atom stereocenters. The summed E-state index contributed by atoms with van der Waals surface area (Å²) in [5, 5.41) is 5.05. The molecule has 38 heavy (non-hydrogen) atoms. The Balaban J connectivity index is 1.50. The molecule has 3 N–H and O–H groups in total. The van der Waals surface area contributed by atoms with Gasteiger partial charge in [0.2, 0.25) is 0 Å². The zero-order valence-electron chi connectivity index (χ0n) is 22.5. The minimum absolute atomic E-state index is 0.0818. The van der Waals surface area contributed by atoms with Gasteiger partial charge in [-0.3, -0.25) is 10.3 Å². The second-order valence-corrected chi connectivity index (χ2v) is 11.2. The SMILES string of the molecule is CCC(CC)N1CCN(c2cc(N3CCC(Cc4ccccc4Cl)CC3)c(F)cc2/C=N/NC(N)=S)CC1. The number of nitrogens with zero attached hydrogens (tertiary/aromatic N) is 4. The van der Waals surface area contributed by atoms with Crippen LogP contribution < -0.4 is 21.0 Å². The summed E-state index contributed by atoms with van der Waals surface area (Å²) in [5.41, 5.74) is 11.7. The first-order valence-electron chi connectivity index (χ1n) is 13.8. The van der Waals surface area contributed by atoms with Crippen LogP contribution in [0.25, 0.3) is 0 Å². The van der Waals surface area contributed by atoms with Gasteiger partial charge in [0.1, 0.15) is 5.82 Å². The third-order valence-electron chi connectivity index (χ3n) is 8.01. The van der Waals surface area contributed by atoms with Crippen molar-refractivity contribution in [3.63, 3.8) is 0 Å². The zero-order valence-corrected chi connectivity index (χ0v) is 24.1. The van der Waals surface area contributed by atoms with E-state index in [1.54, 1.807) is 12.3 Å². The summed E-state index contributed by atoms with van der Waals surface area (Å²) < 4.78 is 15.5. The minimum Gasteiger partial charge on any atom is -0.375 e. The monoisotopic (exact) mass is 558 g/mol. The number of hydrogen-bond acceptors (Lipinski definition) is 5. The molecule has 0 amide bonds. The molecule has 206 valence electrons. The maximum atomic E-state index is 15.5. The number of hydrogen-bond donors (Lipinski definition) is 2. The number of halogens is 2. The predicted molar refractivity (Wildman–Crippen MR) is 162 cm³/mol. The number of anilines is 2. The van der Waals surface area contributed by atoms with Crippen molar-refractivity contribution in [2.75, 3.05) is 49.1 Å². The smallest absolute Gasteiger partial charge is 0.184 e. The first kappa shape index (κ1) is 28.6. The Labute approximate surface area is 237 Å². The van der Waals surface area contributed by atoms with Crippen LogP contribution in [0.4, 0.5) is 15.8 Å². The molecule has 0 spiro atoms. The molecule has 0 unspecified atom stereocenters. The van der Waals surface area contributed by atoms with E-state index in [0.29, 0.717) is 17.6 Å². The van der Waals surface area contributed by atoms with Gasteiger partial charge in [-0.2, -0.15) is 5.10 Å². The molecule has 0 bridgehead atoms. The van der Waals surface area contributed by atoms with Gasteiger partial charge in [-0.25, -0.2) is 4.39 Å². The Bertz CT molecular complexity index is 1110. The molecule has 2 aliphatic heterocycles. The summed E-state index contributed by atoms with van der Waals surface area (Å²) in [7, 11) is 0. The largest absolute Gasteiger partial charge is 0.375 e. The van der Waals surface area contributed by atoms with Crippen molar-refractivity contribution in [3.05, 3.63) is 58.4 Å². The van der Waals surface area contributed by atoms with E-state index in [-0.39, 0.29) is 10.9 Å². The van der Waals surface area contributed by atoms with Gasteiger partial charge in [0.15, 0.2) is 5.11 Å². The lowest BCUT2D eigenvalue weighted by molar-refractivity contribution is 0.175. The minimum atomic E-state index is -0.231. The molecule has 2 aromatic rings. The molecule has 0 aliphatic carbocycles. The fourth-order valence-electron chi connectivity index (χ4n) is 5.84. The highest BCUT2D eigenvalue weighted by Gasteiger charge is 2.27. The molecule has 0 radical (unpaired) electrons. The van der Waals surface area contributed by atoms with E-state index in [1.165, 1.54) is 5.56 Å². The van der Waals surface area contributed by atoms with Gasteiger partial charge in [0, 0.05) is 61.6 Å². The Hall–Kier alpha value is -2.42. The molecule has 2 heterocycles. The summed E-state index contributed by atoms with van der Waals surface area (Å²) in [5.74, 6) is 0.315. The van der Waals surface area contributed by atoms with Crippen LogP contribution in [0.15, 0.2) is 41.5 Å². The summed E-state index contributed by atoms with van der Waals surface area (Å²) in [6, 6.07) is 12.3.